The molecule has 2 unspecified atom stereocenters. The first-order valence-electron chi connectivity index (χ1n) is 11.8. The van der Waals surface area contributed by atoms with Crippen LogP contribution in [0.5, 0.6) is 0 Å². The van der Waals surface area contributed by atoms with Gasteiger partial charge < -0.3 is 20.1 Å². The van der Waals surface area contributed by atoms with Crippen LogP contribution in [0.4, 0.5) is 0 Å². The predicted molar refractivity (Wildman–Crippen MR) is 118 cm³/mol. The van der Waals surface area contributed by atoms with Crippen LogP contribution in [-0.4, -0.2) is 71.7 Å². The Morgan fingerprint density at radius 3 is 1.90 bits per heavy atom. The van der Waals surface area contributed by atoms with Gasteiger partial charge in [-0.1, -0.05) is 71.1 Å². The van der Waals surface area contributed by atoms with E-state index in [1.165, 1.54) is 32.8 Å². The van der Waals surface area contributed by atoms with Gasteiger partial charge in [-0.15, -0.1) is 0 Å². The maximum atomic E-state index is 11.1. The molecule has 0 amide bonds. The SMILES string of the molecule is CCCCCCCCC(O)C(CCCCCCCC(=O)OC)N(CCO)CCO. The third-order valence-electron chi connectivity index (χ3n) is 5.65. The van der Waals surface area contributed by atoms with Crippen LogP contribution in [0.15, 0.2) is 0 Å². The molecule has 3 N–H and O–H groups in total. The monoisotopic (exact) mass is 417 g/mol. The minimum atomic E-state index is -0.418. The summed E-state index contributed by atoms with van der Waals surface area (Å²) in [6.07, 6.45) is 13.9. The fourth-order valence-corrected chi connectivity index (χ4v) is 3.90. The summed E-state index contributed by atoms with van der Waals surface area (Å²) in [7, 11) is 1.42. The van der Waals surface area contributed by atoms with E-state index in [-0.39, 0.29) is 25.2 Å². The molecule has 0 aliphatic carbocycles. The molecule has 174 valence electrons. The fourth-order valence-electron chi connectivity index (χ4n) is 3.90. The van der Waals surface area contributed by atoms with E-state index >= 15 is 0 Å². The highest BCUT2D eigenvalue weighted by molar-refractivity contribution is 5.68. The summed E-state index contributed by atoms with van der Waals surface area (Å²) in [4.78, 5) is 13.2. The first-order valence-corrected chi connectivity index (χ1v) is 11.8. The second kappa shape index (κ2) is 20.6. The molecule has 0 fully saturated rings. The van der Waals surface area contributed by atoms with Crippen LogP contribution in [0, 0.1) is 0 Å². The van der Waals surface area contributed by atoms with Crippen molar-refractivity contribution in [1.29, 1.82) is 0 Å². The first-order chi connectivity index (χ1) is 14.1. The normalized spacial score (nSPS) is 13.6. The highest BCUT2D eigenvalue weighted by Crippen LogP contribution is 2.19. The van der Waals surface area contributed by atoms with Crippen LogP contribution in [0.3, 0.4) is 0 Å². The molecular formula is C23H47NO5. The van der Waals surface area contributed by atoms with Gasteiger partial charge in [-0.05, 0) is 19.3 Å². The molecule has 0 saturated carbocycles. The van der Waals surface area contributed by atoms with E-state index in [0.717, 1.165) is 57.8 Å². The van der Waals surface area contributed by atoms with Gasteiger partial charge >= 0.3 is 5.97 Å². The van der Waals surface area contributed by atoms with Crippen molar-refractivity contribution < 1.29 is 24.9 Å². The molecule has 6 nitrogen and oxygen atoms in total. The van der Waals surface area contributed by atoms with E-state index in [4.69, 9.17) is 0 Å². The first kappa shape index (κ1) is 28.3. The lowest BCUT2D eigenvalue weighted by molar-refractivity contribution is -0.140. The molecule has 0 aliphatic heterocycles. The summed E-state index contributed by atoms with van der Waals surface area (Å²) in [6, 6.07) is -0.0139. The number of nitrogens with zero attached hydrogens (tertiary/aromatic N) is 1. The van der Waals surface area contributed by atoms with Crippen molar-refractivity contribution in [2.45, 2.75) is 109 Å². The van der Waals surface area contributed by atoms with Crippen molar-refractivity contribution in [3.63, 3.8) is 0 Å². The Labute approximate surface area is 178 Å². The van der Waals surface area contributed by atoms with Gasteiger partial charge in [0.1, 0.15) is 0 Å². The molecule has 0 aromatic heterocycles. The number of esters is 1. The zero-order valence-corrected chi connectivity index (χ0v) is 19.0. The number of aliphatic hydroxyl groups is 3. The Morgan fingerprint density at radius 1 is 0.828 bits per heavy atom. The Morgan fingerprint density at radius 2 is 1.34 bits per heavy atom. The molecule has 2 atom stereocenters. The topological polar surface area (TPSA) is 90.2 Å². The summed E-state index contributed by atoms with van der Waals surface area (Å²) >= 11 is 0. The average molecular weight is 418 g/mol. The van der Waals surface area contributed by atoms with Gasteiger partial charge in [0.15, 0.2) is 0 Å². The van der Waals surface area contributed by atoms with Gasteiger partial charge in [-0.25, -0.2) is 0 Å². The largest absolute Gasteiger partial charge is 0.469 e. The highest BCUT2D eigenvalue weighted by atomic mass is 16.5. The smallest absolute Gasteiger partial charge is 0.305 e. The Hall–Kier alpha value is -0.690. The number of carbonyl (C=O) groups is 1. The summed E-state index contributed by atoms with van der Waals surface area (Å²) in [6.45, 7) is 3.25. The lowest BCUT2D eigenvalue weighted by atomic mass is 9.96. The number of hydrogen-bond donors (Lipinski definition) is 3. The Kier molecular flexibility index (Phi) is 20.1. The van der Waals surface area contributed by atoms with Gasteiger partial charge in [-0.3, -0.25) is 9.69 Å². The summed E-state index contributed by atoms with van der Waals surface area (Å²) in [5.41, 5.74) is 0. The zero-order valence-electron chi connectivity index (χ0n) is 19.0. The number of carbonyl (C=O) groups excluding carboxylic acids is 1. The second-order valence-electron chi connectivity index (χ2n) is 8.06. The number of aliphatic hydroxyl groups excluding tert-OH is 3. The van der Waals surface area contributed by atoms with Crippen molar-refractivity contribution in [1.82, 2.24) is 4.90 Å². The number of unbranched alkanes of at least 4 members (excludes halogenated alkanes) is 9. The van der Waals surface area contributed by atoms with Crippen LogP contribution >= 0.6 is 0 Å². The molecule has 0 bridgehead atoms. The molecule has 0 aromatic carbocycles. The minimum Gasteiger partial charge on any atom is -0.469 e. The average Bonchev–Trinajstić information content (AvgIpc) is 2.72. The van der Waals surface area contributed by atoms with Crippen molar-refractivity contribution in [3.8, 4) is 0 Å². The molecule has 29 heavy (non-hydrogen) atoms. The van der Waals surface area contributed by atoms with Crippen molar-refractivity contribution in [2.24, 2.45) is 0 Å². The predicted octanol–water partition coefficient (Wildman–Crippen LogP) is 3.66. The summed E-state index contributed by atoms with van der Waals surface area (Å²) in [5, 5.41) is 29.6. The minimum absolute atomic E-state index is 0.0139. The van der Waals surface area contributed by atoms with E-state index in [9.17, 15) is 20.1 Å². The van der Waals surface area contributed by atoms with Gasteiger partial charge in [0.2, 0.25) is 0 Å². The van der Waals surface area contributed by atoms with E-state index in [1.54, 1.807) is 0 Å². The summed E-state index contributed by atoms with van der Waals surface area (Å²) < 4.78 is 4.65. The number of ether oxygens (including phenoxy) is 1. The number of methoxy groups -OCH3 is 1. The van der Waals surface area contributed by atoms with Crippen LogP contribution in [0.2, 0.25) is 0 Å². The Balaban J connectivity index is 4.32. The standard InChI is InChI=1S/C23H47NO5/c1-3-4-5-6-9-12-15-22(27)21(24(17-19-25)18-20-26)14-11-8-7-10-13-16-23(28)29-2/h21-22,25-27H,3-20H2,1-2H3. The van der Waals surface area contributed by atoms with Crippen LogP contribution < -0.4 is 0 Å². The van der Waals surface area contributed by atoms with Crippen LogP contribution in [0.25, 0.3) is 0 Å². The van der Waals surface area contributed by atoms with Gasteiger partial charge in [0, 0.05) is 25.6 Å². The second-order valence-corrected chi connectivity index (χ2v) is 8.06. The Bertz CT molecular complexity index is 361. The van der Waals surface area contributed by atoms with E-state index < -0.39 is 6.10 Å². The molecule has 0 aliphatic rings. The summed E-state index contributed by atoms with van der Waals surface area (Å²) in [5.74, 6) is -0.147. The molecule has 0 heterocycles. The van der Waals surface area contributed by atoms with E-state index in [1.807, 2.05) is 4.90 Å². The quantitative estimate of drug-likeness (QED) is 0.195. The molecular weight excluding hydrogens is 370 g/mol. The van der Waals surface area contributed by atoms with Gasteiger partial charge in [0.05, 0.1) is 26.4 Å². The maximum absolute atomic E-state index is 11.1. The number of rotatable bonds is 21. The van der Waals surface area contributed by atoms with Gasteiger partial charge in [0.25, 0.3) is 0 Å². The number of hydrogen-bond acceptors (Lipinski definition) is 6. The molecule has 0 aromatic rings. The molecule has 0 spiro atoms. The lowest BCUT2D eigenvalue weighted by Crippen LogP contribution is -2.46. The van der Waals surface area contributed by atoms with E-state index in [0.29, 0.717) is 19.5 Å². The molecule has 0 rings (SSSR count). The lowest BCUT2D eigenvalue weighted by Gasteiger charge is -2.34. The highest BCUT2D eigenvalue weighted by Gasteiger charge is 2.24. The fraction of sp³-hybridized carbons (Fsp3) is 0.957. The zero-order chi connectivity index (χ0) is 21.7. The molecule has 0 saturated heterocycles. The van der Waals surface area contributed by atoms with Crippen molar-refractivity contribution >= 4 is 5.97 Å². The third-order valence-corrected chi connectivity index (χ3v) is 5.65. The van der Waals surface area contributed by atoms with Gasteiger partial charge in [-0.2, -0.15) is 0 Å². The molecule has 0 radical (unpaired) electrons. The maximum Gasteiger partial charge on any atom is 0.305 e. The van der Waals surface area contributed by atoms with E-state index in [2.05, 4.69) is 11.7 Å². The molecule has 6 heteroatoms. The van der Waals surface area contributed by atoms with Crippen LogP contribution in [-0.2, 0) is 9.53 Å². The van der Waals surface area contributed by atoms with Crippen LogP contribution in [0.1, 0.15) is 96.8 Å². The van der Waals surface area contributed by atoms with Crippen molar-refractivity contribution in [3.05, 3.63) is 0 Å². The third kappa shape index (κ3) is 15.8. The van der Waals surface area contributed by atoms with Crippen molar-refractivity contribution in [2.75, 3.05) is 33.4 Å².